The SMILES string of the molecule is COCCn1ccc2c(NC(=O)CC3(n4cccc4)CCOCC3)cccc21. The minimum atomic E-state index is -0.218. The van der Waals surface area contributed by atoms with E-state index in [1.54, 1.807) is 7.11 Å². The minimum absolute atomic E-state index is 0.0349. The van der Waals surface area contributed by atoms with Gasteiger partial charge in [0, 0.05) is 50.8 Å². The zero-order valence-electron chi connectivity index (χ0n) is 16.3. The van der Waals surface area contributed by atoms with Crippen LogP contribution in [-0.2, 0) is 26.4 Å². The molecular formula is C22H27N3O3. The Labute approximate surface area is 165 Å². The first-order chi connectivity index (χ1) is 13.7. The first-order valence-corrected chi connectivity index (χ1v) is 9.80. The largest absolute Gasteiger partial charge is 0.383 e. The van der Waals surface area contributed by atoms with Gasteiger partial charge in [0.25, 0.3) is 0 Å². The number of fused-ring (bicyclic) bond motifs is 1. The van der Waals surface area contributed by atoms with Crippen molar-refractivity contribution >= 4 is 22.5 Å². The third-order valence-electron chi connectivity index (χ3n) is 5.69. The second-order valence-electron chi connectivity index (χ2n) is 7.39. The molecule has 6 heteroatoms. The topological polar surface area (TPSA) is 57.4 Å². The number of aromatic nitrogens is 2. The second kappa shape index (κ2) is 8.20. The maximum Gasteiger partial charge on any atom is 0.226 e. The molecule has 148 valence electrons. The Morgan fingerprint density at radius 3 is 2.68 bits per heavy atom. The Bertz CT molecular complexity index is 924. The van der Waals surface area contributed by atoms with Gasteiger partial charge < -0.3 is 23.9 Å². The van der Waals surface area contributed by atoms with Crippen LogP contribution in [0.4, 0.5) is 5.69 Å². The summed E-state index contributed by atoms with van der Waals surface area (Å²) in [6, 6.07) is 12.1. The van der Waals surface area contributed by atoms with Crippen molar-refractivity contribution in [2.24, 2.45) is 0 Å². The molecule has 0 bridgehead atoms. The zero-order chi connectivity index (χ0) is 19.4. The molecule has 1 aliphatic heterocycles. The molecule has 28 heavy (non-hydrogen) atoms. The average Bonchev–Trinajstić information content (AvgIpc) is 3.38. The van der Waals surface area contributed by atoms with Crippen LogP contribution >= 0.6 is 0 Å². The van der Waals surface area contributed by atoms with E-state index in [1.165, 1.54) is 0 Å². The van der Waals surface area contributed by atoms with Gasteiger partial charge in [0.1, 0.15) is 0 Å². The molecule has 1 saturated heterocycles. The van der Waals surface area contributed by atoms with Gasteiger partial charge in [0.15, 0.2) is 0 Å². The summed E-state index contributed by atoms with van der Waals surface area (Å²) in [6.45, 7) is 2.81. The van der Waals surface area contributed by atoms with Crippen LogP contribution in [0.25, 0.3) is 10.9 Å². The molecule has 3 aromatic rings. The first-order valence-electron chi connectivity index (χ1n) is 9.80. The molecule has 1 aliphatic rings. The maximum atomic E-state index is 13.0. The highest BCUT2D eigenvalue weighted by molar-refractivity contribution is 6.01. The molecule has 6 nitrogen and oxygen atoms in total. The average molecular weight is 381 g/mol. The third kappa shape index (κ3) is 3.70. The normalized spacial score (nSPS) is 16.3. The fraction of sp³-hybridized carbons (Fsp3) is 0.409. The van der Waals surface area contributed by atoms with Crippen molar-refractivity contribution in [1.82, 2.24) is 9.13 Å². The minimum Gasteiger partial charge on any atom is -0.383 e. The molecule has 1 fully saturated rings. The summed E-state index contributed by atoms with van der Waals surface area (Å²) in [5.74, 6) is 0.0349. The van der Waals surface area contributed by atoms with E-state index in [4.69, 9.17) is 9.47 Å². The van der Waals surface area contributed by atoms with Gasteiger partial charge >= 0.3 is 0 Å². The molecule has 0 radical (unpaired) electrons. The van der Waals surface area contributed by atoms with Crippen molar-refractivity contribution in [3.8, 4) is 0 Å². The monoisotopic (exact) mass is 381 g/mol. The van der Waals surface area contributed by atoms with Crippen LogP contribution in [0.3, 0.4) is 0 Å². The number of carbonyl (C=O) groups excluding carboxylic acids is 1. The predicted molar refractivity (Wildman–Crippen MR) is 110 cm³/mol. The number of carbonyl (C=O) groups is 1. The lowest BCUT2D eigenvalue weighted by Gasteiger charge is -2.38. The number of benzene rings is 1. The van der Waals surface area contributed by atoms with Gasteiger partial charge in [-0.2, -0.15) is 0 Å². The summed E-state index contributed by atoms with van der Waals surface area (Å²) >= 11 is 0. The van der Waals surface area contributed by atoms with Gasteiger partial charge in [-0.3, -0.25) is 4.79 Å². The smallest absolute Gasteiger partial charge is 0.226 e. The summed E-state index contributed by atoms with van der Waals surface area (Å²) in [4.78, 5) is 13.0. The summed E-state index contributed by atoms with van der Waals surface area (Å²) < 4.78 is 15.1. The highest BCUT2D eigenvalue weighted by Crippen LogP contribution is 2.34. The van der Waals surface area contributed by atoms with Crippen LogP contribution in [0.1, 0.15) is 19.3 Å². The molecule has 2 aromatic heterocycles. The summed E-state index contributed by atoms with van der Waals surface area (Å²) in [6.07, 6.45) is 8.26. The third-order valence-corrected chi connectivity index (χ3v) is 5.69. The van der Waals surface area contributed by atoms with Crippen LogP contribution in [0.5, 0.6) is 0 Å². The van der Waals surface area contributed by atoms with Crippen LogP contribution in [0.2, 0.25) is 0 Å². The van der Waals surface area contributed by atoms with E-state index in [2.05, 4.69) is 39.0 Å². The van der Waals surface area contributed by atoms with Crippen LogP contribution in [0.15, 0.2) is 55.0 Å². The van der Waals surface area contributed by atoms with Crippen molar-refractivity contribution in [2.75, 3.05) is 32.2 Å². The molecule has 1 N–H and O–H groups in total. The molecule has 0 saturated carbocycles. The number of rotatable bonds is 7. The number of amides is 1. The first kappa shape index (κ1) is 18.8. The van der Waals surface area contributed by atoms with Crippen molar-refractivity contribution < 1.29 is 14.3 Å². The second-order valence-corrected chi connectivity index (χ2v) is 7.39. The Kier molecular flexibility index (Phi) is 5.50. The number of hydrogen-bond donors (Lipinski definition) is 1. The number of nitrogens with zero attached hydrogens (tertiary/aromatic N) is 2. The fourth-order valence-corrected chi connectivity index (χ4v) is 4.14. The highest BCUT2D eigenvalue weighted by Gasteiger charge is 2.36. The van der Waals surface area contributed by atoms with Gasteiger partial charge in [0.2, 0.25) is 5.91 Å². The van der Waals surface area contributed by atoms with Crippen molar-refractivity contribution in [3.05, 3.63) is 55.0 Å². The van der Waals surface area contributed by atoms with Gasteiger partial charge in [-0.15, -0.1) is 0 Å². The lowest BCUT2D eigenvalue weighted by Crippen LogP contribution is -2.42. The molecular weight excluding hydrogens is 354 g/mol. The van der Waals surface area contributed by atoms with Gasteiger partial charge in [0.05, 0.1) is 29.8 Å². The van der Waals surface area contributed by atoms with E-state index < -0.39 is 0 Å². The van der Waals surface area contributed by atoms with Crippen LogP contribution in [0, 0.1) is 0 Å². The van der Waals surface area contributed by atoms with E-state index in [-0.39, 0.29) is 11.4 Å². The van der Waals surface area contributed by atoms with Gasteiger partial charge in [-0.05, 0) is 43.2 Å². The molecule has 1 amide bonds. The molecule has 0 unspecified atom stereocenters. The zero-order valence-corrected chi connectivity index (χ0v) is 16.3. The lowest BCUT2D eigenvalue weighted by molar-refractivity contribution is -0.119. The molecule has 1 aromatic carbocycles. The van der Waals surface area contributed by atoms with Crippen LogP contribution < -0.4 is 5.32 Å². The van der Waals surface area contributed by atoms with E-state index >= 15 is 0 Å². The molecule has 0 spiro atoms. The lowest BCUT2D eigenvalue weighted by atomic mass is 9.86. The maximum absolute atomic E-state index is 13.0. The van der Waals surface area contributed by atoms with Gasteiger partial charge in [-0.25, -0.2) is 0 Å². The van der Waals surface area contributed by atoms with Crippen molar-refractivity contribution in [2.45, 2.75) is 31.3 Å². The van der Waals surface area contributed by atoms with E-state index in [0.29, 0.717) is 26.2 Å². The standard InChI is InChI=1S/C22H27N3O3/c1-27-16-13-24-12-7-18-19(5-4-6-20(18)24)23-21(26)17-22(8-14-28-15-9-22)25-10-2-3-11-25/h2-7,10-12H,8-9,13-17H2,1H3,(H,23,26). The quantitative estimate of drug-likeness (QED) is 0.680. The Morgan fingerprint density at radius 2 is 1.93 bits per heavy atom. The molecule has 3 heterocycles. The van der Waals surface area contributed by atoms with E-state index in [1.807, 2.05) is 30.5 Å². The number of methoxy groups -OCH3 is 1. The number of anilines is 1. The molecule has 4 rings (SSSR count). The van der Waals surface area contributed by atoms with Gasteiger partial charge in [-0.1, -0.05) is 6.07 Å². The van der Waals surface area contributed by atoms with Crippen molar-refractivity contribution in [1.29, 1.82) is 0 Å². The molecule has 0 aliphatic carbocycles. The fourth-order valence-electron chi connectivity index (χ4n) is 4.14. The summed E-state index contributed by atoms with van der Waals surface area (Å²) in [5, 5.41) is 4.20. The number of hydrogen-bond acceptors (Lipinski definition) is 3. The Balaban J connectivity index is 1.54. The number of nitrogens with one attached hydrogen (secondary N) is 1. The number of ether oxygens (including phenoxy) is 2. The van der Waals surface area contributed by atoms with E-state index in [9.17, 15) is 4.79 Å². The Hall–Kier alpha value is -2.57. The van der Waals surface area contributed by atoms with E-state index in [0.717, 1.165) is 36.0 Å². The Morgan fingerprint density at radius 1 is 1.14 bits per heavy atom. The van der Waals surface area contributed by atoms with Crippen LogP contribution in [-0.4, -0.2) is 42.0 Å². The molecule has 0 atom stereocenters. The predicted octanol–water partition coefficient (Wildman–Crippen LogP) is 3.62. The van der Waals surface area contributed by atoms with Crippen molar-refractivity contribution in [3.63, 3.8) is 0 Å². The highest BCUT2D eigenvalue weighted by atomic mass is 16.5. The summed E-state index contributed by atoms with van der Waals surface area (Å²) in [7, 11) is 1.70. The summed E-state index contributed by atoms with van der Waals surface area (Å²) in [5.41, 5.74) is 1.74.